The van der Waals surface area contributed by atoms with Crippen LogP contribution in [0, 0.1) is 0 Å². The second-order valence-corrected chi connectivity index (χ2v) is 6.31. The lowest BCUT2D eigenvalue weighted by Gasteiger charge is -2.07. The molecule has 0 aliphatic rings. The average Bonchev–Trinajstić information content (AvgIpc) is 3.13. The predicted molar refractivity (Wildman–Crippen MR) is 110 cm³/mol. The van der Waals surface area contributed by atoms with Crippen molar-refractivity contribution in [1.82, 2.24) is 14.8 Å². The van der Waals surface area contributed by atoms with E-state index in [1.54, 1.807) is 4.68 Å². The van der Waals surface area contributed by atoms with Crippen LogP contribution in [-0.4, -0.2) is 14.8 Å². The van der Waals surface area contributed by atoms with Crippen molar-refractivity contribution in [2.75, 3.05) is 11.1 Å². The molecular weight excluding hydrogens is 350 g/mol. The van der Waals surface area contributed by atoms with Crippen molar-refractivity contribution in [3.05, 3.63) is 96.1 Å². The normalized spacial score (nSPS) is 10.6. The fraction of sp³-hybridized carbons (Fsp3) is 0.0909. The standard InChI is InChI=1S/C22H21N5O/c23-21-25-22(26-27(21)19-9-5-2-6-10-19)24-15-17-11-13-20(14-12-17)28-16-18-7-3-1-4-8-18/h1-14H,15-16H2,(H3,23,24,25,26). The first-order chi connectivity index (χ1) is 13.8. The third-order valence-corrected chi connectivity index (χ3v) is 4.26. The number of nitrogens with zero attached hydrogens (tertiary/aromatic N) is 3. The van der Waals surface area contributed by atoms with Gasteiger partial charge in [0.2, 0.25) is 11.9 Å². The van der Waals surface area contributed by atoms with Gasteiger partial charge in [-0.1, -0.05) is 60.7 Å². The number of nitrogen functional groups attached to an aromatic ring is 1. The summed E-state index contributed by atoms with van der Waals surface area (Å²) in [7, 11) is 0. The van der Waals surface area contributed by atoms with Gasteiger partial charge in [-0.05, 0) is 35.4 Å². The van der Waals surface area contributed by atoms with Crippen LogP contribution in [0.25, 0.3) is 5.69 Å². The van der Waals surface area contributed by atoms with Crippen molar-refractivity contribution in [3.8, 4) is 11.4 Å². The highest BCUT2D eigenvalue weighted by molar-refractivity contribution is 5.42. The Balaban J connectivity index is 1.34. The lowest BCUT2D eigenvalue weighted by Crippen LogP contribution is -2.03. The van der Waals surface area contributed by atoms with Gasteiger partial charge in [0.15, 0.2) is 0 Å². The minimum absolute atomic E-state index is 0.346. The van der Waals surface area contributed by atoms with Crippen molar-refractivity contribution in [1.29, 1.82) is 0 Å². The van der Waals surface area contributed by atoms with E-state index in [0.717, 1.165) is 22.6 Å². The lowest BCUT2D eigenvalue weighted by molar-refractivity contribution is 0.306. The fourth-order valence-electron chi connectivity index (χ4n) is 2.78. The number of nitrogens with one attached hydrogen (secondary N) is 1. The number of benzene rings is 3. The maximum absolute atomic E-state index is 5.98. The number of hydrogen-bond donors (Lipinski definition) is 2. The van der Waals surface area contributed by atoms with E-state index in [0.29, 0.717) is 25.0 Å². The Kier molecular flexibility index (Phi) is 5.20. The molecule has 1 aromatic heterocycles. The van der Waals surface area contributed by atoms with Gasteiger partial charge in [0.25, 0.3) is 0 Å². The summed E-state index contributed by atoms with van der Waals surface area (Å²) < 4.78 is 7.43. The quantitative estimate of drug-likeness (QED) is 0.513. The maximum atomic E-state index is 5.98. The highest BCUT2D eigenvalue weighted by Gasteiger charge is 2.08. The molecule has 6 nitrogen and oxygen atoms in total. The maximum Gasteiger partial charge on any atom is 0.244 e. The number of aromatic nitrogens is 3. The predicted octanol–water partition coefficient (Wildman–Crippen LogP) is 4.04. The number of nitrogens with two attached hydrogens (primary N) is 1. The van der Waals surface area contributed by atoms with Crippen LogP contribution in [-0.2, 0) is 13.2 Å². The van der Waals surface area contributed by atoms with Crippen LogP contribution in [0.3, 0.4) is 0 Å². The molecule has 0 unspecified atom stereocenters. The van der Waals surface area contributed by atoms with Crippen molar-refractivity contribution in [2.24, 2.45) is 0 Å². The van der Waals surface area contributed by atoms with Gasteiger partial charge in [-0.25, -0.2) is 0 Å². The van der Waals surface area contributed by atoms with E-state index in [9.17, 15) is 0 Å². The summed E-state index contributed by atoms with van der Waals surface area (Å²) in [5.41, 5.74) is 9.09. The molecule has 4 aromatic rings. The lowest BCUT2D eigenvalue weighted by atomic mass is 10.2. The zero-order valence-electron chi connectivity index (χ0n) is 15.3. The molecular formula is C22H21N5O. The van der Waals surface area contributed by atoms with Crippen LogP contribution in [0.4, 0.5) is 11.9 Å². The monoisotopic (exact) mass is 371 g/mol. The molecule has 140 valence electrons. The van der Waals surface area contributed by atoms with E-state index in [1.165, 1.54) is 0 Å². The molecule has 0 atom stereocenters. The van der Waals surface area contributed by atoms with Gasteiger partial charge in [0.05, 0.1) is 5.69 Å². The molecule has 6 heteroatoms. The smallest absolute Gasteiger partial charge is 0.244 e. The van der Waals surface area contributed by atoms with E-state index in [4.69, 9.17) is 10.5 Å². The number of ether oxygens (including phenoxy) is 1. The van der Waals surface area contributed by atoms with Gasteiger partial charge in [-0.15, -0.1) is 5.10 Å². The number of anilines is 2. The average molecular weight is 371 g/mol. The van der Waals surface area contributed by atoms with Crippen LogP contribution in [0.15, 0.2) is 84.9 Å². The summed E-state index contributed by atoms with van der Waals surface area (Å²) in [6.07, 6.45) is 0. The zero-order valence-corrected chi connectivity index (χ0v) is 15.3. The Morgan fingerprint density at radius 1 is 0.821 bits per heavy atom. The molecule has 3 aromatic carbocycles. The number of hydrogen-bond acceptors (Lipinski definition) is 5. The molecule has 4 rings (SSSR count). The molecule has 0 radical (unpaired) electrons. The van der Waals surface area contributed by atoms with E-state index in [2.05, 4.69) is 15.4 Å². The van der Waals surface area contributed by atoms with Crippen molar-refractivity contribution in [2.45, 2.75) is 13.2 Å². The van der Waals surface area contributed by atoms with E-state index in [-0.39, 0.29) is 0 Å². The molecule has 0 saturated heterocycles. The summed E-state index contributed by atoms with van der Waals surface area (Å²) in [6, 6.07) is 27.8. The third-order valence-electron chi connectivity index (χ3n) is 4.26. The second-order valence-electron chi connectivity index (χ2n) is 6.31. The summed E-state index contributed by atoms with van der Waals surface area (Å²) >= 11 is 0. The second kappa shape index (κ2) is 8.26. The Morgan fingerprint density at radius 2 is 1.50 bits per heavy atom. The molecule has 0 saturated carbocycles. The van der Waals surface area contributed by atoms with Gasteiger partial charge in [-0.3, -0.25) is 0 Å². The van der Waals surface area contributed by atoms with Crippen molar-refractivity contribution < 1.29 is 4.74 Å². The molecule has 0 amide bonds. The van der Waals surface area contributed by atoms with Crippen molar-refractivity contribution in [3.63, 3.8) is 0 Å². The molecule has 3 N–H and O–H groups in total. The minimum Gasteiger partial charge on any atom is -0.489 e. The third kappa shape index (κ3) is 4.29. The molecule has 1 heterocycles. The molecule has 0 aliphatic carbocycles. The van der Waals surface area contributed by atoms with Crippen molar-refractivity contribution >= 4 is 11.9 Å². The first kappa shape index (κ1) is 17.6. The Bertz CT molecular complexity index is 1010. The summed E-state index contributed by atoms with van der Waals surface area (Å²) in [4.78, 5) is 4.28. The molecule has 0 fully saturated rings. The van der Waals surface area contributed by atoms with Gasteiger partial charge in [0.1, 0.15) is 12.4 Å². The van der Waals surface area contributed by atoms with E-state index in [1.807, 2.05) is 84.9 Å². The summed E-state index contributed by atoms with van der Waals surface area (Å²) in [5, 5.41) is 7.63. The first-order valence-electron chi connectivity index (χ1n) is 9.05. The molecule has 0 aliphatic heterocycles. The zero-order chi connectivity index (χ0) is 19.2. The van der Waals surface area contributed by atoms with E-state index < -0.39 is 0 Å². The van der Waals surface area contributed by atoms with Crippen LogP contribution >= 0.6 is 0 Å². The number of rotatable bonds is 7. The summed E-state index contributed by atoms with van der Waals surface area (Å²) in [5.74, 6) is 1.67. The highest BCUT2D eigenvalue weighted by atomic mass is 16.5. The minimum atomic E-state index is 0.346. The van der Waals surface area contributed by atoms with Gasteiger partial charge in [-0.2, -0.15) is 9.67 Å². The van der Waals surface area contributed by atoms with Gasteiger partial charge >= 0.3 is 0 Å². The number of para-hydroxylation sites is 1. The highest BCUT2D eigenvalue weighted by Crippen LogP contribution is 2.16. The topological polar surface area (TPSA) is 78.0 Å². The largest absolute Gasteiger partial charge is 0.489 e. The molecule has 0 bridgehead atoms. The van der Waals surface area contributed by atoms with Crippen LogP contribution in [0.2, 0.25) is 0 Å². The fourth-order valence-corrected chi connectivity index (χ4v) is 2.78. The van der Waals surface area contributed by atoms with Gasteiger partial charge < -0.3 is 15.8 Å². The van der Waals surface area contributed by atoms with E-state index >= 15 is 0 Å². The summed E-state index contributed by atoms with van der Waals surface area (Å²) in [6.45, 7) is 1.15. The SMILES string of the molecule is Nc1nc(NCc2ccc(OCc3ccccc3)cc2)nn1-c1ccccc1. The molecule has 28 heavy (non-hydrogen) atoms. The van der Waals surface area contributed by atoms with Crippen LogP contribution in [0.5, 0.6) is 5.75 Å². The first-order valence-corrected chi connectivity index (χ1v) is 9.05. The van der Waals surface area contributed by atoms with Crippen LogP contribution in [0.1, 0.15) is 11.1 Å². The van der Waals surface area contributed by atoms with Crippen LogP contribution < -0.4 is 15.8 Å². The Hall–Kier alpha value is -3.80. The Labute approximate surface area is 163 Å². The Morgan fingerprint density at radius 3 is 2.21 bits per heavy atom. The molecule has 0 spiro atoms. The van der Waals surface area contributed by atoms with Gasteiger partial charge in [0, 0.05) is 6.54 Å².